The van der Waals surface area contributed by atoms with E-state index in [1.165, 1.54) is 12.5 Å². The quantitative estimate of drug-likeness (QED) is 0.0251. The number of unbranched alkanes of at least 4 members (excludes halogenated alkanes) is 1. The van der Waals surface area contributed by atoms with Crippen LogP contribution in [0.5, 0.6) is 0 Å². The number of carbonyl (C=O) groups is 4. The predicted octanol–water partition coefficient (Wildman–Crippen LogP) is 6.32. The van der Waals surface area contributed by atoms with Crippen LogP contribution in [-0.2, 0) is 44.5 Å². The lowest BCUT2D eigenvalue weighted by molar-refractivity contribution is -0.172. The molecule has 0 bridgehead atoms. The molecule has 0 spiro atoms. The summed E-state index contributed by atoms with van der Waals surface area (Å²) in [5.41, 5.74) is 1.17. The first-order valence-electron chi connectivity index (χ1n) is 20.2. The number of hydrogen-bond acceptors (Lipinski definition) is 12. The molecular weight excluding hydrogens is 732 g/mol. The number of carbonyl (C=O) groups excluding carboxylic acids is 4. The lowest BCUT2D eigenvalue weighted by atomic mass is 9.85. The summed E-state index contributed by atoms with van der Waals surface area (Å²) >= 11 is 0. The van der Waals surface area contributed by atoms with Crippen LogP contribution in [-0.4, -0.2) is 83.3 Å². The van der Waals surface area contributed by atoms with Crippen molar-refractivity contribution in [3.8, 4) is 24.7 Å². The van der Waals surface area contributed by atoms with Gasteiger partial charge in [-0.3, -0.25) is 14.4 Å². The minimum Gasteiger partial charge on any atom is -0.462 e. The second-order valence-corrected chi connectivity index (χ2v) is 15.5. The highest BCUT2D eigenvalue weighted by molar-refractivity contribution is 5.71. The van der Waals surface area contributed by atoms with Gasteiger partial charge in [-0.05, 0) is 80.6 Å². The number of benzene rings is 1. The van der Waals surface area contributed by atoms with Gasteiger partial charge in [-0.2, -0.15) is 0 Å². The van der Waals surface area contributed by atoms with Crippen molar-refractivity contribution < 1.29 is 58.2 Å². The molecule has 1 fully saturated rings. The average molecular weight is 797 g/mol. The van der Waals surface area contributed by atoms with Crippen molar-refractivity contribution in [1.29, 1.82) is 0 Å². The molecule has 0 saturated heterocycles. The van der Waals surface area contributed by atoms with Crippen molar-refractivity contribution >= 4 is 24.1 Å². The number of aliphatic hydroxyl groups is 3. The van der Waals surface area contributed by atoms with E-state index >= 15 is 0 Å². The van der Waals surface area contributed by atoms with Crippen LogP contribution >= 0.6 is 0 Å². The standard InChI is InChI=1S/C45H64O12/c1-8-34(30(3)4)25-43(50)53-28-37(29-54-44(51)26-35(9-2)31(5)6)57-45(52)56-32(7)55-42(49)20-16-11-10-15-19-38-39(41(48)27-40(38)47)24-23-36(46)22-21-33-17-13-12-14-18-33/h1-2,10,12-15,17-18,30-32,34-41,46-48H,11,16,19-29H2,3-7H3/b15-10-/t32?,34?,35?,36-,37?,38+,39+,40-,41+/m0/s1. The number of aliphatic hydroxyl groups excluding tert-OH is 3. The molecule has 12 heteroatoms. The van der Waals surface area contributed by atoms with Gasteiger partial charge < -0.3 is 39.0 Å². The zero-order valence-corrected chi connectivity index (χ0v) is 34.3. The van der Waals surface area contributed by atoms with Crippen LogP contribution in [0.3, 0.4) is 0 Å². The Kier molecular flexibility index (Phi) is 22.7. The van der Waals surface area contributed by atoms with Gasteiger partial charge in [-0.25, -0.2) is 4.79 Å². The molecule has 12 nitrogen and oxygen atoms in total. The summed E-state index contributed by atoms with van der Waals surface area (Å²) in [6.07, 6.45) is 13.8. The van der Waals surface area contributed by atoms with Crippen molar-refractivity contribution in [1.82, 2.24) is 0 Å². The molecule has 1 aromatic rings. The highest BCUT2D eigenvalue weighted by Crippen LogP contribution is 2.38. The van der Waals surface area contributed by atoms with Gasteiger partial charge in [0.1, 0.15) is 13.2 Å². The minimum atomic E-state index is -1.31. The fourth-order valence-electron chi connectivity index (χ4n) is 6.66. The molecule has 1 aliphatic rings. The van der Waals surface area contributed by atoms with Crippen LogP contribution in [0.2, 0.25) is 0 Å². The predicted molar refractivity (Wildman–Crippen MR) is 214 cm³/mol. The molecule has 0 aliphatic heterocycles. The van der Waals surface area contributed by atoms with Gasteiger partial charge in [0.15, 0.2) is 6.10 Å². The molecule has 1 aromatic carbocycles. The maximum atomic E-state index is 12.6. The van der Waals surface area contributed by atoms with E-state index in [0.717, 1.165) is 6.42 Å². The van der Waals surface area contributed by atoms with Crippen molar-refractivity contribution in [3.63, 3.8) is 0 Å². The minimum absolute atomic E-state index is 0.0323. The first kappa shape index (κ1) is 48.8. The van der Waals surface area contributed by atoms with Crippen LogP contribution < -0.4 is 0 Å². The Morgan fingerprint density at radius 1 is 0.789 bits per heavy atom. The van der Waals surface area contributed by atoms with Gasteiger partial charge in [-0.1, -0.05) is 70.2 Å². The Morgan fingerprint density at radius 2 is 1.37 bits per heavy atom. The highest BCUT2D eigenvalue weighted by Gasteiger charge is 2.40. The summed E-state index contributed by atoms with van der Waals surface area (Å²) in [5.74, 6) is 2.36. The van der Waals surface area contributed by atoms with Crippen molar-refractivity contribution in [2.45, 2.75) is 136 Å². The lowest BCUT2D eigenvalue weighted by Gasteiger charge is -2.23. The molecule has 0 heterocycles. The molecule has 0 aromatic heterocycles. The Bertz CT molecular complexity index is 1430. The Balaban J connectivity index is 1.78. The Labute approximate surface area is 339 Å². The summed E-state index contributed by atoms with van der Waals surface area (Å²) in [4.78, 5) is 49.9. The van der Waals surface area contributed by atoms with Gasteiger partial charge in [0.2, 0.25) is 6.29 Å². The normalized spacial score (nSPS) is 20.5. The maximum absolute atomic E-state index is 12.6. The van der Waals surface area contributed by atoms with E-state index in [2.05, 4.69) is 11.8 Å². The molecule has 1 aliphatic carbocycles. The monoisotopic (exact) mass is 796 g/mol. The van der Waals surface area contributed by atoms with Gasteiger partial charge in [0, 0.05) is 25.2 Å². The van der Waals surface area contributed by atoms with Crippen LogP contribution in [0.15, 0.2) is 42.5 Å². The number of hydrogen-bond donors (Lipinski definition) is 3. The van der Waals surface area contributed by atoms with Gasteiger partial charge in [0.25, 0.3) is 0 Å². The van der Waals surface area contributed by atoms with E-state index in [0.29, 0.717) is 44.9 Å². The molecule has 3 unspecified atom stereocenters. The summed E-state index contributed by atoms with van der Waals surface area (Å²) in [5, 5.41) is 31.8. The Hall–Kier alpha value is -4.36. The SMILES string of the molecule is C#CC(CC(=O)OCC(COC(=O)CC(C#C)C(C)C)OC(=O)OC(C)OC(=O)CCC/C=C\C[C@@H]1[C@@H](CC[C@@H](O)CCc2ccccc2)[C@H](O)C[C@@H]1O)C(C)C. The van der Waals surface area contributed by atoms with E-state index in [1.807, 2.05) is 70.2 Å². The molecule has 1 saturated carbocycles. The number of allylic oxidation sites excluding steroid dienone is 2. The van der Waals surface area contributed by atoms with Crippen LogP contribution in [0, 0.1) is 60.2 Å². The number of rotatable bonds is 25. The molecule has 8 atom stereocenters. The third kappa shape index (κ3) is 19.6. The van der Waals surface area contributed by atoms with E-state index in [9.17, 15) is 34.5 Å². The summed E-state index contributed by atoms with van der Waals surface area (Å²) < 4.78 is 26.1. The zero-order valence-electron chi connectivity index (χ0n) is 34.3. The summed E-state index contributed by atoms with van der Waals surface area (Å²) in [6, 6.07) is 9.98. The van der Waals surface area contributed by atoms with E-state index < -0.39 is 68.0 Å². The number of terminal acetylenes is 2. The molecule has 0 radical (unpaired) electrons. The summed E-state index contributed by atoms with van der Waals surface area (Å²) in [7, 11) is 0. The average Bonchev–Trinajstić information content (AvgIpc) is 3.43. The number of ether oxygens (including phenoxy) is 5. The van der Waals surface area contributed by atoms with E-state index in [1.54, 1.807) is 0 Å². The third-order valence-corrected chi connectivity index (χ3v) is 10.3. The van der Waals surface area contributed by atoms with Gasteiger partial charge >= 0.3 is 24.1 Å². The molecule has 0 amide bonds. The molecule has 3 N–H and O–H groups in total. The number of esters is 3. The zero-order chi connectivity index (χ0) is 42.3. The first-order valence-corrected chi connectivity index (χ1v) is 20.2. The number of aryl methyl sites for hydroxylation is 1. The van der Waals surface area contributed by atoms with Gasteiger partial charge in [-0.15, -0.1) is 24.7 Å². The first-order chi connectivity index (χ1) is 27.1. The van der Waals surface area contributed by atoms with E-state index in [4.69, 9.17) is 36.5 Å². The van der Waals surface area contributed by atoms with Gasteiger partial charge in [0.05, 0.1) is 31.2 Å². The van der Waals surface area contributed by atoms with Crippen molar-refractivity contribution in [2.24, 2.45) is 35.5 Å². The summed E-state index contributed by atoms with van der Waals surface area (Å²) in [6.45, 7) is 7.96. The van der Waals surface area contributed by atoms with Crippen LogP contribution in [0.4, 0.5) is 4.79 Å². The topological polar surface area (TPSA) is 175 Å². The van der Waals surface area contributed by atoms with Crippen LogP contribution in [0.25, 0.3) is 0 Å². The third-order valence-electron chi connectivity index (χ3n) is 10.3. The van der Waals surface area contributed by atoms with Crippen LogP contribution in [0.1, 0.15) is 104 Å². The second-order valence-electron chi connectivity index (χ2n) is 15.5. The van der Waals surface area contributed by atoms with Crippen molar-refractivity contribution in [3.05, 3.63) is 48.0 Å². The smallest absolute Gasteiger partial charge is 0.462 e. The maximum Gasteiger partial charge on any atom is 0.511 e. The van der Waals surface area contributed by atoms with E-state index in [-0.39, 0.29) is 54.8 Å². The second kappa shape index (κ2) is 26.5. The molecular formula is C45H64O12. The largest absolute Gasteiger partial charge is 0.511 e. The fourth-order valence-corrected chi connectivity index (χ4v) is 6.66. The Morgan fingerprint density at radius 3 is 1.93 bits per heavy atom. The van der Waals surface area contributed by atoms with Crippen molar-refractivity contribution in [2.75, 3.05) is 13.2 Å². The fraction of sp³-hybridized carbons (Fsp3) is 0.644. The molecule has 2 rings (SSSR count). The highest BCUT2D eigenvalue weighted by atomic mass is 16.8. The molecule has 57 heavy (non-hydrogen) atoms. The lowest BCUT2D eigenvalue weighted by Crippen LogP contribution is -2.33. The molecule has 316 valence electrons.